The first-order chi connectivity index (χ1) is 22.2. The molecule has 10 heteroatoms. The average molecular weight is 700 g/mol. The van der Waals surface area contributed by atoms with E-state index in [1.807, 2.05) is 13.0 Å². The van der Waals surface area contributed by atoms with Crippen molar-refractivity contribution in [1.82, 2.24) is 4.98 Å². The van der Waals surface area contributed by atoms with Gasteiger partial charge in [0.2, 0.25) is 5.78 Å². The van der Waals surface area contributed by atoms with Gasteiger partial charge in [0.25, 0.3) is 11.8 Å². The lowest BCUT2D eigenvalue weighted by Crippen LogP contribution is -2.29. The predicted octanol–water partition coefficient (Wildman–Crippen LogP) is 8.20. The number of Topliss-reactive ketones (excluding diaryl/α,β-unsaturated/α-hetero) is 1. The van der Waals surface area contributed by atoms with Crippen LogP contribution in [-0.2, 0) is 11.2 Å². The number of rotatable bonds is 9. The first-order valence-corrected chi connectivity index (χ1v) is 15.8. The third-order valence-electron chi connectivity index (χ3n) is 7.82. The molecule has 0 bridgehead atoms. The molecule has 1 atom stereocenters. The highest BCUT2D eigenvalue weighted by Gasteiger charge is 2.36. The third kappa shape index (κ3) is 5.84. The highest BCUT2D eigenvalue weighted by molar-refractivity contribution is 9.10. The number of pyridine rings is 1. The van der Waals surface area contributed by atoms with Gasteiger partial charge in [0.1, 0.15) is 5.82 Å². The van der Waals surface area contributed by atoms with Crippen LogP contribution in [0.4, 0.5) is 10.1 Å². The summed E-state index contributed by atoms with van der Waals surface area (Å²) in [6.45, 7) is 1.97. The first kappa shape index (κ1) is 31.3. The van der Waals surface area contributed by atoms with E-state index in [4.69, 9.17) is 21.3 Å². The van der Waals surface area contributed by atoms with E-state index >= 15 is 0 Å². The second-order valence-electron chi connectivity index (χ2n) is 10.7. The summed E-state index contributed by atoms with van der Waals surface area (Å²) >= 11 is 9.51. The monoisotopic (exact) mass is 698 g/mol. The molecular weight excluding hydrogens is 675 g/mol. The number of fused-ring (bicyclic) bond motifs is 2. The van der Waals surface area contributed by atoms with Gasteiger partial charge < -0.3 is 4.74 Å². The number of esters is 1. The lowest BCUT2D eigenvalue weighted by molar-refractivity contribution is 0.0280. The number of carbonyl (C=O) groups excluding carboxylic acids is 4. The van der Waals surface area contributed by atoms with Crippen molar-refractivity contribution in [3.63, 3.8) is 0 Å². The topological polar surface area (TPSA) is 93.6 Å². The number of ether oxygens (including phenoxy) is 1. The maximum absolute atomic E-state index is 13.8. The number of halogens is 3. The van der Waals surface area contributed by atoms with Crippen molar-refractivity contribution in [3.05, 3.63) is 129 Å². The fraction of sp³-hybridized carbons (Fsp3) is 0.139. The number of hydrogen-bond donors (Lipinski definition) is 0. The van der Waals surface area contributed by atoms with E-state index in [1.54, 1.807) is 60.7 Å². The molecule has 0 N–H and O–H groups in total. The number of imide groups is 1. The van der Waals surface area contributed by atoms with Gasteiger partial charge in [0.15, 0.2) is 6.10 Å². The zero-order valence-corrected chi connectivity index (χ0v) is 26.8. The number of hydrogen-bond acceptors (Lipinski definition) is 6. The maximum Gasteiger partial charge on any atom is 0.339 e. The SMILES string of the molecule is CCc1cc(Br)cc2c(C(=O)OC(CCCl)C(=O)c3ccc(F)cc3)cc(-c3ccc(N4C(=O)c5ccccc5C4=O)cc3)nc12. The minimum Gasteiger partial charge on any atom is -0.450 e. The highest BCUT2D eigenvalue weighted by Crippen LogP contribution is 2.33. The number of amides is 2. The lowest BCUT2D eigenvalue weighted by Gasteiger charge is -2.18. The van der Waals surface area contributed by atoms with Gasteiger partial charge in [-0.2, -0.15) is 0 Å². The summed E-state index contributed by atoms with van der Waals surface area (Å²) in [5.74, 6) is -2.48. The Balaban J connectivity index is 1.38. The molecule has 230 valence electrons. The van der Waals surface area contributed by atoms with Crippen LogP contribution in [0, 0.1) is 5.82 Å². The molecule has 2 heterocycles. The molecule has 4 aromatic carbocycles. The molecule has 0 spiro atoms. The minimum absolute atomic E-state index is 0.0538. The number of nitrogens with zero attached hydrogens (tertiary/aromatic N) is 2. The van der Waals surface area contributed by atoms with Gasteiger partial charge in [0, 0.05) is 33.3 Å². The van der Waals surface area contributed by atoms with E-state index in [0.717, 1.165) is 14.9 Å². The van der Waals surface area contributed by atoms with E-state index in [1.165, 1.54) is 24.3 Å². The van der Waals surface area contributed by atoms with Crippen LogP contribution in [0.3, 0.4) is 0 Å². The molecule has 46 heavy (non-hydrogen) atoms. The highest BCUT2D eigenvalue weighted by atomic mass is 79.9. The quantitative estimate of drug-likeness (QED) is 0.0667. The minimum atomic E-state index is -1.20. The summed E-state index contributed by atoms with van der Waals surface area (Å²) in [4.78, 5) is 59.1. The van der Waals surface area contributed by atoms with Crippen LogP contribution in [-0.4, -0.2) is 40.5 Å². The van der Waals surface area contributed by atoms with E-state index < -0.39 is 35.5 Å². The number of aryl methyl sites for hydroxylation is 1. The molecule has 0 radical (unpaired) electrons. The van der Waals surface area contributed by atoms with Crippen molar-refractivity contribution in [2.45, 2.75) is 25.9 Å². The molecule has 0 saturated heterocycles. The molecule has 1 unspecified atom stereocenters. The Bertz CT molecular complexity index is 2000. The fourth-order valence-electron chi connectivity index (χ4n) is 5.49. The standard InChI is InChI=1S/C36H25BrClFN2O5/c1-2-20-17-23(37)18-28-29(36(45)46-31(15-16-38)33(42)22-7-11-24(39)12-8-22)19-30(40-32(20)28)21-9-13-25(14-10-21)41-34(43)26-5-3-4-6-27(26)35(41)44/h3-14,17-19,31H,2,15-16H2,1H3. The van der Waals surface area contributed by atoms with Gasteiger partial charge in [0.05, 0.1) is 33.6 Å². The number of anilines is 1. The Hall–Kier alpha value is -4.73. The zero-order chi connectivity index (χ0) is 32.5. The van der Waals surface area contributed by atoms with Gasteiger partial charge in [-0.1, -0.05) is 47.1 Å². The molecule has 6 rings (SSSR count). The van der Waals surface area contributed by atoms with Crippen LogP contribution in [0.15, 0.2) is 95.5 Å². The zero-order valence-electron chi connectivity index (χ0n) is 24.4. The molecule has 2 amide bonds. The van der Waals surface area contributed by atoms with Crippen LogP contribution in [0.25, 0.3) is 22.2 Å². The molecular formula is C36H25BrClFN2O5. The summed E-state index contributed by atoms with van der Waals surface area (Å²) in [7, 11) is 0. The Morgan fingerprint density at radius 1 is 0.935 bits per heavy atom. The molecule has 1 aliphatic rings. The Morgan fingerprint density at radius 3 is 2.20 bits per heavy atom. The molecule has 1 aromatic heterocycles. The molecule has 1 aliphatic heterocycles. The van der Waals surface area contributed by atoms with Crippen molar-refractivity contribution >= 4 is 67.7 Å². The number of carbonyl (C=O) groups is 4. The van der Waals surface area contributed by atoms with Crippen LogP contribution in [0.2, 0.25) is 0 Å². The van der Waals surface area contributed by atoms with Gasteiger partial charge in [-0.25, -0.2) is 19.1 Å². The number of benzene rings is 4. The normalized spacial score (nSPS) is 13.2. The Morgan fingerprint density at radius 2 is 1.59 bits per heavy atom. The van der Waals surface area contributed by atoms with E-state index in [9.17, 15) is 23.6 Å². The average Bonchev–Trinajstić information content (AvgIpc) is 3.32. The summed E-state index contributed by atoms with van der Waals surface area (Å²) in [6.07, 6.45) is -0.515. The van der Waals surface area contributed by atoms with Crippen LogP contribution in [0.1, 0.15) is 60.3 Å². The molecule has 7 nitrogen and oxygen atoms in total. The van der Waals surface area contributed by atoms with E-state index in [0.29, 0.717) is 45.4 Å². The number of ketones is 1. The van der Waals surface area contributed by atoms with Gasteiger partial charge in [-0.05, 0) is 78.7 Å². The molecule has 0 aliphatic carbocycles. The molecule has 0 fully saturated rings. The number of alkyl halides is 1. The smallest absolute Gasteiger partial charge is 0.339 e. The van der Waals surface area contributed by atoms with Crippen LogP contribution < -0.4 is 4.90 Å². The summed E-state index contributed by atoms with van der Waals surface area (Å²) in [5.41, 5.74) is 4.01. The van der Waals surface area contributed by atoms with Crippen molar-refractivity contribution in [1.29, 1.82) is 0 Å². The first-order valence-electron chi connectivity index (χ1n) is 14.5. The molecule has 5 aromatic rings. The predicted molar refractivity (Wildman–Crippen MR) is 177 cm³/mol. The largest absolute Gasteiger partial charge is 0.450 e. The van der Waals surface area contributed by atoms with Crippen molar-refractivity contribution in [3.8, 4) is 11.3 Å². The van der Waals surface area contributed by atoms with Gasteiger partial charge in [-0.3, -0.25) is 14.4 Å². The maximum atomic E-state index is 13.8. The lowest BCUT2D eigenvalue weighted by atomic mass is 10.00. The van der Waals surface area contributed by atoms with E-state index in [-0.39, 0.29) is 23.4 Å². The number of aromatic nitrogens is 1. The van der Waals surface area contributed by atoms with E-state index in [2.05, 4.69) is 15.9 Å². The Labute approximate surface area is 277 Å². The van der Waals surface area contributed by atoms with Crippen LogP contribution >= 0.6 is 27.5 Å². The fourth-order valence-corrected chi connectivity index (χ4v) is 6.19. The van der Waals surface area contributed by atoms with Crippen LogP contribution in [0.5, 0.6) is 0 Å². The van der Waals surface area contributed by atoms with Crippen molar-refractivity contribution < 1.29 is 28.3 Å². The Kier molecular flexibility index (Phi) is 8.80. The van der Waals surface area contributed by atoms with Gasteiger partial charge >= 0.3 is 5.97 Å². The second-order valence-corrected chi connectivity index (χ2v) is 11.9. The van der Waals surface area contributed by atoms with Gasteiger partial charge in [-0.15, -0.1) is 11.6 Å². The molecule has 0 saturated carbocycles. The van der Waals surface area contributed by atoms with Crippen molar-refractivity contribution in [2.24, 2.45) is 0 Å². The summed E-state index contributed by atoms with van der Waals surface area (Å²) < 4.78 is 20.0. The second kappa shape index (κ2) is 12.9. The summed E-state index contributed by atoms with van der Waals surface area (Å²) in [6, 6.07) is 23.7. The van der Waals surface area contributed by atoms with Crippen molar-refractivity contribution in [2.75, 3.05) is 10.8 Å². The third-order valence-corrected chi connectivity index (χ3v) is 8.49. The summed E-state index contributed by atoms with van der Waals surface area (Å²) in [5, 5.41) is 0.529.